The highest BCUT2D eigenvalue weighted by Gasteiger charge is 2.38. The molecule has 0 saturated carbocycles. The van der Waals surface area contributed by atoms with Crippen molar-refractivity contribution in [1.82, 2.24) is 10.2 Å². The molecule has 1 amide bonds. The number of amides is 1. The quantitative estimate of drug-likeness (QED) is 0.583. The van der Waals surface area contributed by atoms with Crippen molar-refractivity contribution in [2.75, 3.05) is 19.3 Å². The van der Waals surface area contributed by atoms with Gasteiger partial charge >= 0.3 is 0 Å². The Morgan fingerprint density at radius 3 is 2.67 bits per heavy atom. The maximum Gasteiger partial charge on any atom is 0.251 e. The second-order valence-electron chi connectivity index (χ2n) is 6.37. The van der Waals surface area contributed by atoms with Gasteiger partial charge in [0.25, 0.3) is 5.91 Å². The first-order valence-corrected chi connectivity index (χ1v) is 7.63. The van der Waals surface area contributed by atoms with Gasteiger partial charge in [0.1, 0.15) is 5.75 Å². The molecular formula is C16H23N3O2. The van der Waals surface area contributed by atoms with Gasteiger partial charge in [0.05, 0.1) is 5.69 Å². The number of carbonyl (C=O) groups is 1. The second kappa shape index (κ2) is 5.56. The number of fused-ring (bicyclic) bond motifs is 2. The van der Waals surface area contributed by atoms with Crippen LogP contribution in [-0.2, 0) is 0 Å². The third-order valence-electron chi connectivity index (χ3n) is 5.04. The van der Waals surface area contributed by atoms with E-state index in [2.05, 4.69) is 17.3 Å². The Bertz CT molecular complexity index is 532. The van der Waals surface area contributed by atoms with Crippen LogP contribution >= 0.6 is 0 Å². The minimum absolute atomic E-state index is 0.0417. The Labute approximate surface area is 125 Å². The highest BCUT2D eigenvalue weighted by molar-refractivity contribution is 5.95. The van der Waals surface area contributed by atoms with Crippen LogP contribution in [0.5, 0.6) is 5.75 Å². The lowest BCUT2D eigenvalue weighted by molar-refractivity contribution is 0.0917. The van der Waals surface area contributed by atoms with Crippen molar-refractivity contribution in [3.63, 3.8) is 0 Å². The van der Waals surface area contributed by atoms with Crippen LogP contribution < -0.4 is 11.1 Å². The molecule has 2 saturated heterocycles. The summed E-state index contributed by atoms with van der Waals surface area (Å²) < 4.78 is 0. The summed E-state index contributed by atoms with van der Waals surface area (Å²) in [4.78, 5) is 14.6. The van der Waals surface area contributed by atoms with Crippen molar-refractivity contribution in [2.24, 2.45) is 5.92 Å². The molecule has 2 atom stereocenters. The number of benzene rings is 1. The van der Waals surface area contributed by atoms with Gasteiger partial charge in [-0.25, -0.2) is 0 Å². The SMILES string of the molecule is CN1C2CCC1CC(CNC(=O)c1ccc(N)c(O)c1)C2. The lowest BCUT2D eigenvalue weighted by Crippen LogP contribution is -2.43. The van der Waals surface area contributed by atoms with Gasteiger partial charge in [-0.3, -0.25) is 4.79 Å². The Morgan fingerprint density at radius 2 is 2.05 bits per heavy atom. The Kier molecular flexibility index (Phi) is 3.76. The minimum atomic E-state index is -0.142. The smallest absolute Gasteiger partial charge is 0.251 e. The molecule has 2 heterocycles. The normalized spacial score (nSPS) is 28.5. The van der Waals surface area contributed by atoms with Crippen LogP contribution in [0.2, 0.25) is 0 Å². The number of anilines is 1. The summed E-state index contributed by atoms with van der Waals surface area (Å²) in [5, 5.41) is 12.6. The van der Waals surface area contributed by atoms with E-state index in [4.69, 9.17) is 5.73 Å². The molecule has 3 rings (SSSR count). The summed E-state index contributed by atoms with van der Waals surface area (Å²) in [6.07, 6.45) is 4.91. The van der Waals surface area contributed by atoms with E-state index < -0.39 is 0 Å². The van der Waals surface area contributed by atoms with E-state index in [9.17, 15) is 9.90 Å². The van der Waals surface area contributed by atoms with Crippen LogP contribution in [0.15, 0.2) is 18.2 Å². The number of carbonyl (C=O) groups excluding carboxylic acids is 1. The summed E-state index contributed by atoms with van der Waals surface area (Å²) in [7, 11) is 2.22. The van der Waals surface area contributed by atoms with Crippen molar-refractivity contribution in [2.45, 2.75) is 37.8 Å². The van der Waals surface area contributed by atoms with Crippen molar-refractivity contribution < 1.29 is 9.90 Å². The number of phenolic OH excluding ortho intramolecular Hbond substituents is 1. The van der Waals surface area contributed by atoms with E-state index in [0.717, 1.165) is 0 Å². The van der Waals surface area contributed by atoms with E-state index in [1.807, 2.05) is 0 Å². The van der Waals surface area contributed by atoms with Gasteiger partial charge in [-0.2, -0.15) is 0 Å². The number of nitrogens with two attached hydrogens (primary N) is 1. The summed E-state index contributed by atoms with van der Waals surface area (Å²) in [5.74, 6) is 0.376. The number of aromatic hydroxyl groups is 1. The summed E-state index contributed by atoms with van der Waals surface area (Å²) in [5.41, 5.74) is 6.29. The molecule has 2 bridgehead atoms. The number of hydrogen-bond donors (Lipinski definition) is 3. The molecule has 2 aliphatic rings. The van der Waals surface area contributed by atoms with E-state index in [0.29, 0.717) is 35.8 Å². The number of piperidine rings is 1. The molecule has 1 aromatic carbocycles. The minimum Gasteiger partial charge on any atom is -0.506 e. The number of nitrogens with one attached hydrogen (secondary N) is 1. The molecule has 0 spiro atoms. The van der Waals surface area contributed by atoms with E-state index in [-0.39, 0.29) is 11.7 Å². The van der Waals surface area contributed by atoms with Crippen molar-refractivity contribution in [1.29, 1.82) is 0 Å². The molecule has 1 aromatic rings. The molecule has 5 heteroatoms. The molecule has 21 heavy (non-hydrogen) atoms. The topological polar surface area (TPSA) is 78.6 Å². The van der Waals surface area contributed by atoms with Crippen LogP contribution in [0, 0.1) is 5.92 Å². The van der Waals surface area contributed by atoms with Crippen LogP contribution in [0.3, 0.4) is 0 Å². The zero-order valence-electron chi connectivity index (χ0n) is 12.4. The zero-order valence-corrected chi connectivity index (χ0v) is 12.4. The van der Waals surface area contributed by atoms with E-state index in [1.54, 1.807) is 12.1 Å². The number of nitrogen functional groups attached to an aromatic ring is 1. The maximum absolute atomic E-state index is 12.1. The molecule has 2 unspecified atom stereocenters. The largest absolute Gasteiger partial charge is 0.506 e. The highest BCUT2D eigenvalue weighted by Crippen LogP contribution is 2.37. The summed E-state index contributed by atoms with van der Waals surface area (Å²) in [6.45, 7) is 0.713. The molecule has 2 aliphatic heterocycles. The van der Waals surface area contributed by atoms with Crippen molar-refractivity contribution in [3.05, 3.63) is 23.8 Å². The predicted octanol–water partition coefficient (Wildman–Crippen LogP) is 1.58. The molecule has 5 nitrogen and oxygen atoms in total. The number of phenols is 1. The Hall–Kier alpha value is -1.75. The van der Waals surface area contributed by atoms with Gasteiger partial charge in [0.2, 0.25) is 0 Å². The second-order valence-corrected chi connectivity index (χ2v) is 6.37. The monoisotopic (exact) mass is 289 g/mol. The molecule has 0 aliphatic carbocycles. The highest BCUT2D eigenvalue weighted by atomic mass is 16.3. The third-order valence-corrected chi connectivity index (χ3v) is 5.04. The van der Waals surface area contributed by atoms with Crippen LogP contribution in [0.4, 0.5) is 5.69 Å². The summed E-state index contributed by atoms with van der Waals surface area (Å²) >= 11 is 0. The molecule has 0 aromatic heterocycles. The maximum atomic E-state index is 12.1. The number of nitrogens with zero attached hydrogens (tertiary/aromatic N) is 1. The lowest BCUT2D eigenvalue weighted by Gasteiger charge is -2.36. The molecular weight excluding hydrogens is 266 g/mol. The molecule has 2 fully saturated rings. The first-order valence-electron chi connectivity index (χ1n) is 7.63. The Morgan fingerprint density at radius 1 is 1.38 bits per heavy atom. The van der Waals surface area contributed by atoms with Gasteiger partial charge in [0.15, 0.2) is 0 Å². The lowest BCUT2D eigenvalue weighted by atomic mass is 9.91. The van der Waals surface area contributed by atoms with Gasteiger partial charge in [0, 0.05) is 24.2 Å². The number of rotatable bonds is 3. The fourth-order valence-electron chi connectivity index (χ4n) is 3.71. The first kappa shape index (κ1) is 14.2. The average molecular weight is 289 g/mol. The molecule has 4 N–H and O–H groups in total. The van der Waals surface area contributed by atoms with Crippen LogP contribution in [0.1, 0.15) is 36.0 Å². The third kappa shape index (κ3) is 2.83. The first-order chi connectivity index (χ1) is 10.0. The van der Waals surface area contributed by atoms with Crippen molar-refractivity contribution >= 4 is 11.6 Å². The Balaban J connectivity index is 1.55. The van der Waals surface area contributed by atoms with Gasteiger partial charge in [-0.1, -0.05) is 0 Å². The van der Waals surface area contributed by atoms with Crippen LogP contribution in [0.25, 0.3) is 0 Å². The van der Waals surface area contributed by atoms with Crippen LogP contribution in [-0.4, -0.2) is 41.6 Å². The van der Waals surface area contributed by atoms with Crippen molar-refractivity contribution in [3.8, 4) is 5.75 Å². The van der Waals surface area contributed by atoms with Gasteiger partial charge in [-0.05, 0) is 56.8 Å². The van der Waals surface area contributed by atoms with Gasteiger partial charge < -0.3 is 21.1 Å². The standard InChI is InChI=1S/C16H23N3O2/c1-19-12-3-4-13(19)7-10(6-12)9-18-16(21)11-2-5-14(17)15(20)8-11/h2,5,8,10,12-13,20H,3-4,6-7,9,17H2,1H3,(H,18,21). The number of hydrogen-bond acceptors (Lipinski definition) is 4. The zero-order chi connectivity index (χ0) is 15.0. The molecule has 114 valence electrons. The van der Waals surface area contributed by atoms with E-state index >= 15 is 0 Å². The fraction of sp³-hybridized carbons (Fsp3) is 0.562. The predicted molar refractivity (Wildman–Crippen MR) is 82.1 cm³/mol. The summed E-state index contributed by atoms with van der Waals surface area (Å²) in [6, 6.07) is 5.99. The van der Waals surface area contributed by atoms with Gasteiger partial charge in [-0.15, -0.1) is 0 Å². The van der Waals surface area contributed by atoms with E-state index in [1.165, 1.54) is 31.7 Å². The molecule has 0 radical (unpaired) electrons. The average Bonchev–Trinajstić information content (AvgIpc) is 2.69. The fourth-order valence-corrected chi connectivity index (χ4v) is 3.71.